The summed E-state index contributed by atoms with van der Waals surface area (Å²) in [4.78, 5) is 47.2. The van der Waals surface area contributed by atoms with Crippen LogP contribution < -0.4 is 27.4 Å². The van der Waals surface area contributed by atoms with Crippen LogP contribution in [0.2, 0.25) is 0 Å². The van der Waals surface area contributed by atoms with Crippen molar-refractivity contribution in [1.82, 2.24) is 25.9 Å². The lowest BCUT2D eigenvalue weighted by Gasteiger charge is -2.22. The lowest BCUT2D eigenvalue weighted by Crippen LogP contribution is -2.54. The van der Waals surface area contributed by atoms with E-state index in [1.807, 2.05) is 0 Å². The molecular formula is C17H28N8O4. The van der Waals surface area contributed by atoms with Gasteiger partial charge in [-0.1, -0.05) is 0 Å². The van der Waals surface area contributed by atoms with Crippen molar-refractivity contribution in [2.45, 2.75) is 50.2 Å². The van der Waals surface area contributed by atoms with Crippen molar-refractivity contribution in [2.75, 3.05) is 13.1 Å². The molecule has 160 valence electrons. The number of guanidine groups is 1. The van der Waals surface area contributed by atoms with Gasteiger partial charge in [0.15, 0.2) is 5.96 Å². The first-order valence-electron chi connectivity index (χ1n) is 9.46. The summed E-state index contributed by atoms with van der Waals surface area (Å²) in [6.07, 6.45) is 5.22. The summed E-state index contributed by atoms with van der Waals surface area (Å²) in [5.74, 6) is -2.11. The molecule has 0 unspecified atom stereocenters. The van der Waals surface area contributed by atoms with Crippen molar-refractivity contribution >= 4 is 23.7 Å². The number of carbonyl (C=O) groups is 3. The number of aromatic nitrogens is 2. The minimum Gasteiger partial charge on any atom is -0.480 e. The first-order valence-corrected chi connectivity index (χ1v) is 9.46. The third kappa shape index (κ3) is 7.41. The number of H-pyrrole nitrogens is 1. The number of aliphatic carboxylic acids is 1. The van der Waals surface area contributed by atoms with E-state index < -0.39 is 24.0 Å². The molecule has 1 aliphatic rings. The summed E-state index contributed by atoms with van der Waals surface area (Å²) in [5, 5.41) is 17.7. The quantitative estimate of drug-likeness (QED) is 0.121. The molecule has 3 atom stereocenters. The van der Waals surface area contributed by atoms with Gasteiger partial charge in [-0.05, 0) is 32.2 Å². The van der Waals surface area contributed by atoms with Gasteiger partial charge in [-0.25, -0.2) is 9.78 Å². The van der Waals surface area contributed by atoms with Crippen LogP contribution in [0.15, 0.2) is 17.5 Å². The topological polar surface area (TPSA) is 201 Å². The predicted molar refractivity (Wildman–Crippen MR) is 105 cm³/mol. The van der Waals surface area contributed by atoms with Crippen LogP contribution in [-0.2, 0) is 20.8 Å². The third-order valence-corrected chi connectivity index (χ3v) is 4.55. The summed E-state index contributed by atoms with van der Waals surface area (Å²) in [6, 6.07) is -2.42. The number of nitrogens with zero attached hydrogens (tertiary/aromatic N) is 2. The highest BCUT2D eigenvalue weighted by Crippen LogP contribution is 2.07. The maximum Gasteiger partial charge on any atom is 0.326 e. The first kappa shape index (κ1) is 22.1. The van der Waals surface area contributed by atoms with Gasteiger partial charge in [0.05, 0.1) is 12.4 Å². The minimum atomic E-state index is -1.18. The van der Waals surface area contributed by atoms with Crippen molar-refractivity contribution in [3.63, 3.8) is 0 Å². The molecule has 0 spiro atoms. The Hall–Kier alpha value is -3.15. The fourth-order valence-electron chi connectivity index (χ4n) is 3.04. The Morgan fingerprint density at radius 1 is 1.31 bits per heavy atom. The molecule has 0 aromatic carbocycles. The van der Waals surface area contributed by atoms with Gasteiger partial charge in [-0.2, -0.15) is 0 Å². The van der Waals surface area contributed by atoms with E-state index in [2.05, 4.69) is 30.9 Å². The number of nitrogens with two attached hydrogens (primary N) is 2. The molecule has 12 nitrogen and oxygen atoms in total. The van der Waals surface area contributed by atoms with Crippen molar-refractivity contribution in [3.05, 3.63) is 18.2 Å². The smallest absolute Gasteiger partial charge is 0.326 e. The monoisotopic (exact) mass is 408 g/mol. The van der Waals surface area contributed by atoms with Crippen LogP contribution in [0.3, 0.4) is 0 Å². The molecule has 0 bridgehead atoms. The van der Waals surface area contributed by atoms with Crippen LogP contribution in [-0.4, -0.2) is 70.0 Å². The summed E-state index contributed by atoms with van der Waals surface area (Å²) in [6.45, 7) is 1.03. The van der Waals surface area contributed by atoms with Gasteiger partial charge in [0.1, 0.15) is 12.1 Å². The molecule has 2 heterocycles. The fraction of sp³-hybridized carbons (Fsp3) is 0.588. The van der Waals surface area contributed by atoms with Crippen molar-refractivity contribution in [1.29, 1.82) is 0 Å². The van der Waals surface area contributed by atoms with E-state index in [0.29, 0.717) is 25.1 Å². The lowest BCUT2D eigenvalue weighted by molar-refractivity contribution is -0.142. The number of rotatable bonds is 11. The van der Waals surface area contributed by atoms with Gasteiger partial charge in [0.25, 0.3) is 0 Å². The zero-order valence-corrected chi connectivity index (χ0v) is 16.1. The molecule has 0 aliphatic carbocycles. The van der Waals surface area contributed by atoms with Crippen molar-refractivity contribution in [3.8, 4) is 0 Å². The van der Waals surface area contributed by atoms with Crippen LogP contribution in [0.4, 0.5) is 0 Å². The van der Waals surface area contributed by atoms with Crippen LogP contribution in [0.1, 0.15) is 31.4 Å². The minimum absolute atomic E-state index is 0.0416. The van der Waals surface area contributed by atoms with Gasteiger partial charge in [0.2, 0.25) is 11.8 Å². The van der Waals surface area contributed by atoms with E-state index in [0.717, 1.165) is 13.0 Å². The number of aromatic amines is 1. The molecule has 2 rings (SSSR count). The Morgan fingerprint density at radius 2 is 2.10 bits per heavy atom. The summed E-state index contributed by atoms with van der Waals surface area (Å²) >= 11 is 0. The zero-order valence-electron chi connectivity index (χ0n) is 16.1. The van der Waals surface area contributed by atoms with Crippen LogP contribution in [0.25, 0.3) is 0 Å². The Kier molecular flexibility index (Phi) is 8.40. The highest BCUT2D eigenvalue weighted by molar-refractivity contribution is 5.92. The number of aliphatic imine (C=N–C) groups is 1. The predicted octanol–water partition coefficient (Wildman–Crippen LogP) is -2.19. The summed E-state index contributed by atoms with van der Waals surface area (Å²) < 4.78 is 0. The Morgan fingerprint density at radius 3 is 2.69 bits per heavy atom. The standard InChI is InChI=1S/C17H28N8O4/c18-17(19)22-6-2-4-12(24-14(26)11-3-1-5-21-11)15(27)25-13(16(28)29)7-10-8-20-9-23-10/h8-9,11-13,21H,1-7H2,(H,20,23)(H,24,26)(H,25,27)(H,28,29)(H4,18,19,22)/t11-,12-,13-/m0/s1. The second-order valence-corrected chi connectivity index (χ2v) is 6.84. The van der Waals surface area contributed by atoms with E-state index >= 15 is 0 Å². The van der Waals surface area contributed by atoms with E-state index in [4.69, 9.17) is 11.5 Å². The van der Waals surface area contributed by atoms with E-state index in [9.17, 15) is 19.5 Å². The number of hydrogen-bond acceptors (Lipinski definition) is 6. The molecule has 12 heteroatoms. The number of nitrogens with one attached hydrogen (secondary N) is 4. The summed E-state index contributed by atoms with van der Waals surface area (Å²) in [7, 11) is 0. The first-order chi connectivity index (χ1) is 13.9. The molecule has 1 aromatic rings. The highest BCUT2D eigenvalue weighted by atomic mass is 16.4. The van der Waals surface area contributed by atoms with E-state index in [-0.39, 0.29) is 30.8 Å². The Labute approximate surface area is 167 Å². The molecule has 2 amide bonds. The van der Waals surface area contributed by atoms with Gasteiger partial charge in [-0.15, -0.1) is 0 Å². The highest BCUT2D eigenvalue weighted by Gasteiger charge is 2.29. The van der Waals surface area contributed by atoms with Crippen LogP contribution >= 0.6 is 0 Å². The second kappa shape index (κ2) is 11.0. The molecule has 1 aromatic heterocycles. The van der Waals surface area contributed by atoms with Crippen molar-refractivity contribution in [2.24, 2.45) is 16.5 Å². The maximum atomic E-state index is 12.7. The largest absolute Gasteiger partial charge is 0.480 e. The molecule has 29 heavy (non-hydrogen) atoms. The van der Waals surface area contributed by atoms with Gasteiger partial charge in [0, 0.05) is 24.9 Å². The third-order valence-electron chi connectivity index (χ3n) is 4.55. The molecule has 0 saturated carbocycles. The normalized spacial score (nSPS) is 17.9. The Bertz CT molecular complexity index is 711. The lowest BCUT2D eigenvalue weighted by atomic mass is 10.1. The molecule has 9 N–H and O–H groups in total. The number of hydrogen-bond donors (Lipinski definition) is 7. The number of carboxylic acids is 1. The Balaban J connectivity index is 2.00. The average molecular weight is 408 g/mol. The SMILES string of the molecule is NC(N)=NCCC[C@H](NC(=O)[C@@H]1CCCN1)C(=O)N[C@@H](Cc1cnc[nH]1)C(=O)O. The summed E-state index contributed by atoms with van der Waals surface area (Å²) in [5.41, 5.74) is 11.2. The number of amides is 2. The van der Waals surface area contributed by atoms with Gasteiger partial charge < -0.3 is 37.5 Å². The fourth-order valence-corrected chi connectivity index (χ4v) is 3.04. The number of carboxylic acid groups (broad SMARTS) is 1. The average Bonchev–Trinajstić information content (AvgIpc) is 3.36. The van der Waals surface area contributed by atoms with E-state index in [1.165, 1.54) is 12.5 Å². The maximum absolute atomic E-state index is 12.7. The molecular weight excluding hydrogens is 380 g/mol. The molecule has 1 aliphatic heterocycles. The van der Waals surface area contributed by atoms with Crippen molar-refractivity contribution < 1.29 is 19.5 Å². The molecule has 1 saturated heterocycles. The number of carbonyl (C=O) groups excluding carboxylic acids is 2. The van der Waals surface area contributed by atoms with Gasteiger partial charge in [-0.3, -0.25) is 14.6 Å². The molecule has 1 fully saturated rings. The zero-order chi connectivity index (χ0) is 21.2. The van der Waals surface area contributed by atoms with Gasteiger partial charge >= 0.3 is 5.97 Å². The second-order valence-electron chi connectivity index (χ2n) is 6.84. The van der Waals surface area contributed by atoms with Crippen LogP contribution in [0.5, 0.6) is 0 Å². The number of imidazole rings is 1. The molecule has 0 radical (unpaired) electrons. The van der Waals surface area contributed by atoms with Crippen LogP contribution in [0, 0.1) is 0 Å². The van der Waals surface area contributed by atoms with E-state index in [1.54, 1.807) is 0 Å².